The Morgan fingerprint density at radius 3 is 1.48 bits per heavy atom. The Bertz CT molecular complexity index is 1460. The molecule has 19 N–H and O–H groups in total. The molecule has 24 nitrogen and oxygen atoms in total. The number of primary amides is 1. The second-order valence-corrected chi connectivity index (χ2v) is 15.0. The summed E-state index contributed by atoms with van der Waals surface area (Å²) in [6.07, 6.45) is -0.768. The average molecular weight is 861 g/mol. The molecule has 8 amide bonds. The first kappa shape index (κ1) is 54.8. The fraction of sp³-hybridized carbons (Fsp3) is 0.750. The van der Waals surface area contributed by atoms with E-state index in [1.807, 2.05) is 19.2 Å². The molecule has 0 saturated heterocycles. The number of carbonyl (C=O) groups is 8. The summed E-state index contributed by atoms with van der Waals surface area (Å²) in [6, 6.07) is -10.5. The van der Waals surface area contributed by atoms with Gasteiger partial charge in [-0.3, -0.25) is 43.3 Å². The van der Waals surface area contributed by atoms with Gasteiger partial charge in [0.1, 0.15) is 42.3 Å². The maximum Gasteiger partial charge on any atom is 0.245 e. The highest BCUT2D eigenvalue weighted by Crippen LogP contribution is 2.12. The van der Waals surface area contributed by atoms with Crippen LogP contribution in [0.4, 0.5) is 0 Å². The van der Waals surface area contributed by atoms with Crippen molar-refractivity contribution in [3.8, 4) is 0 Å². The molecule has 60 heavy (non-hydrogen) atoms. The second-order valence-electron chi connectivity index (χ2n) is 15.0. The summed E-state index contributed by atoms with van der Waals surface area (Å²) in [5.41, 5.74) is 21.5. The Morgan fingerprint density at radius 1 is 0.533 bits per heavy atom. The zero-order chi connectivity index (χ0) is 46.3. The molecule has 0 spiro atoms. The number of amides is 8. The fourth-order valence-corrected chi connectivity index (χ4v) is 5.43. The van der Waals surface area contributed by atoms with E-state index in [-0.39, 0.29) is 43.6 Å². The molecule has 24 heteroatoms. The average Bonchev–Trinajstić information content (AvgIpc) is 3.16. The zero-order valence-corrected chi connectivity index (χ0v) is 35.2. The fourth-order valence-electron chi connectivity index (χ4n) is 5.43. The van der Waals surface area contributed by atoms with E-state index in [1.54, 1.807) is 6.92 Å². The molecule has 0 aliphatic heterocycles. The summed E-state index contributed by atoms with van der Waals surface area (Å²) in [7, 11) is 0. The third-order valence-electron chi connectivity index (χ3n) is 8.99. The van der Waals surface area contributed by atoms with E-state index in [9.17, 15) is 58.8 Å². The van der Waals surface area contributed by atoms with Crippen molar-refractivity contribution in [1.29, 1.82) is 0 Å². The zero-order valence-electron chi connectivity index (χ0n) is 35.2. The highest BCUT2D eigenvalue weighted by atomic mass is 16.3. The van der Waals surface area contributed by atoms with Crippen molar-refractivity contribution < 1.29 is 58.8 Å². The van der Waals surface area contributed by atoms with Crippen LogP contribution in [0.15, 0.2) is 4.99 Å². The molecule has 0 aliphatic rings. The van der Waals surface area contributed by atoms with Crippen LogP contribution in [0, 0.1) is 11.8 Å². The van der Waals surface area contributed by atoms with Gasteiger partial charge in [-0.05, 0) is 65.3 Å². The van der Waals surface area contributed by atoms with Crippen LogP contribution in [0.5, 0.6) is 0 Å². The first-order valence-corrected chi connectivity index (χ1v) is 19.8. The molecular formula is C36H68N12O12. The number of unbranched alkanes of at least 4 members (excludes halogenated alkanes) is 1. The Hall–Kier alpha value is -5.17. The molecule has 0 aromatic heterocycles. The molecule has 0 fully saturated rings. The van der Waals surface area contributed by atoms with Gasteiger partial charge >= 0.3 is 0 Å². The number of carbonyl (C=O) groups excluding carboxylic acids is 8. The van der Waals surface area contributed by atoms with Crippen LogP contribution >= 0.6 is 0 Å². The number of nitrogens with zero attached hydrogens (tertiary/aromatic N) is 1. The van der Waals surface area contributed by atoms with Crippen LogP contribution in [0.1, 0.15) is 80.1 Å². The number of nitrogens with two attached hydrogens (primary N) is 4. The number of rotatable bonds is 29. The molecule has 10 atom stereocenters. The van der Waals surface area contributed by atoms with Crippen LogP contribution in [0.25, 0.3) is 0 Å². The molecular weight excluding hydrogens is 792 g/mol. The first-order valence-electron chi connectivity index (χ1n) is 19.8. The van der Waals surface area contributed by atoms with Gasteiger partial charge in [-0.1, -0.05) is 27.2 Å². The number of hydrogen-bond donors (Lipinski definition) is 15. The smallest absolute Gasteiger partial charge is 0.245 e. The summed E-state index contributed by atoms with van der Waals surface area (Å²) in [4.78, 5) is 108. The number of aliphatic hydroxyl groups excluding tert-OH is 4. The minimum Gasteiger partial charge on any atom is -0.394 e. The van der Waals surface area contributed by atoms with E-state index < -0.39 is 115 Å². The molecule has 0 bridgehead atoms. The third-order valence-corrected chi connectivity index (χ3v) is 8.99. The molecule has 0 aliphatic carbocycles. The van der Waals surface area contributed by atoms with Gasteiger partial charge in [-0.2, -0.15) is 0 Å². The minimum absolute atomic E-state index is 0.00423. The maximum absolute atomic E-state index is 13.6. The van der Waals surface area contributed by atoms with Gasteiger partial charge in [0, 0.05) is 12.5 Å². The SMILES string of the molecule is CC(C)C[C@H](NC(=O)[C@@H](C)CCCCN)C(=O)N[C@@H](CCCN=C(N)N)C(=O)N[C@@H](C)C(=O)N[C@@H](CO)C(=O)N[C@H](C(=O)N[C@H](C(=O)N[C@@H](CO)C(N)=O)[C@@H](C)O)[C@@H](C)O. The van der Waals surface area contributed by atoms with Crippen LogP contribution < -0.4 is 60.2 Å². The van der Waals surface area contributed by atoms with Crippen LogP contribution in [0.2, 0.25) is 0 Å². The topological polar surface area (TPSA) is 418 Å². The van der Waals surface area contributed by atoms with E-state index in [0.29, 0.717) is 13.0 Å². The van der Waals surface area contributed by atoms with E-state index in [1.165, 1.54) is 6.92 Å². The third kappa shape index (κ3) is 20.7. The number of nitrogens with one attached hydrogen (secondary N) is 7. The second kappa shape index (κ2) is 28.3. The molecule has 0 aromatic rings. The number of hydrogen-bond acceptors (Lipinski definition) is 14. The molecule has 0 heterocycles. The van der Waals surface area contributed by atoms with Gasteiger partial charge in [0.05, 0.1) is 25.4 Å². The summed E-state index contributed by atoms with van der Waals surface area (Å²) in [5, 5.41) is 56.0. The predicted molar refractivity (Wildman–Crippen MR) is 217 cm³/mol. The van der Waals surface area contributed by atoms with Crippen molar-refractivity contribution in [3.63, 3.8) is 0 Å². The number of aliphatic imine (C=N–C) groups is 1. The molecule has 0 rings (SSSR count). The minimum atomic E-state index is -1.83. The predicted octanol–water partition coefficient (Wildman–Crippen LogP) is -6.50. The Morgan fingerprint density at radius 2 is 1.00 bits per heavy atom. The van der Waals surface area contributed by atoms with Gasteiger partial charge in [0.2, 0.25) is 47.3 Å². The van der Waals surface area contributed by atoms with Crippen molar-refractivity contribution in [1.82, 2.24) is 37.2 Å². The lowest BCUT2D eigenvalue weighted by molar-refractivity contribution is -0.138. The van der Waals surface area contributed by atoms with Crippen molar-refractivity contribution in [2.75, 3.05) is 26.3 Å². The van der Waals surface area contributed by atoms with Gasteiger partial charge < -0.3 is 80.6 Å². The summed E-state index contributed by atoms with van der Waals surface area (Å²) >= 11 is 0. The Kier molecular flexibility index (Phi) is 25.9. The molecule has 0 unspecified atom stereocenters. The van der Waals surface area contributed by atoms with Gasteiger partial charge in [0.25, 0.3) is 0 Å². The van der Waals surface area contributed by atoms with Crippen LogP contribution in [-0.2, 0) is 38.4 Å². The van der Waals surface area contributed by atoms with Crippen molar-refractivity contribution in [2.24, 2.45) is 39.8 Å². The van der Waals surface area contributed by atoms with Crippen LogP contribution in [-0.4, -0.2) is 154 Å². The van der Waals surface area contributed by atoms with Crippen molar-refractivity contribution in [3.05, 3.63) is 0 Å². The lowest BCUT2D eigenvalue weighted by Gasteiger charge is -2.28. The number of guanidine groups is 1. The van der Waals surface area contributed by atoms with Gasteiger partial charge in [-0.25, -0.2) is 0 Å². The van der Waals surface area contributed by atoms with E-state index in [2.05, 4.69) is 36.9 Å². The monoisotopic (exact) mass is 861 g/mol. The lowest BCUT2D eigenvalue weighted by Crippen LogP contribution is -2.63. The summed E-state index contributed by atoms with van der Waals surface area (Å²) in [5.74, 6) is -8.09. The Labute approximate surface area is 349 Å². The normalized spacial score (nSPS) is 16.1. The van der Waals surface area contributed by atoms with E-state index in [4.69, 9.17) is 22.9 Å². The van der Waals surface area contributed by atoms with E-state index >= 15 is 0 Å². The molecule has 344 valence electrons. The maximum atomic E-state index is 13.6. The van der Waals surface area contributed by atoms with Crippen molar-refractivity contribution >= 4 is 53.2 Å². The highest BCUT2D eigenvalue weighted by Gasteiger charge is 2.36. The first-order chi connectivity index (χ1) is 28.0. The van der Waals surface area contributed by atoms with Crippen molar-refractivity contribution in [2.45, 2.75) is 135 Å². The standard InChI is InChI=1S/C36H68N12O12/c1-17(2)14-23(44-29(54)18(3)10-7-8-12-37)32(57)43-22(11-9-13-41-36(39)40)31(56)42-19(4)30(55)46-25(16-50)33(58)47-27(21(6)52)35(60)48-26(20(5)51)34(59)45-24(15-49)28(38)53/h17-27,49-52H,7-16,37H2,1-6H3,(H2,38,53)(H,42,56)(H,43,57)(H,44,54)(H,45,59)(H,46,55)(H,47,58)(H,48,60)(H4,39,40,41)/t18-,19-,20+,21+,22-,23-,24-,25-,26-,27-/m0/s1. The van der Waals surface area contributed by atoms with Gasteiger partial charge in [0.15, 0.2) is 5.96 Å². The largest absolute Gasteiger partial charge is 0.394 e. The molecule has 0 saturated carbocycles. The van der Waals surface area contributed by atoms with Gasteiger partial charge in [-0.15, -0.1) is 0 Å². The van der Waals surface area contributed by atoms with E-state index in [0.717, 1.165) is 26.7 Å². The highest BCUT2D eigenvalue weighted by molar-refractivity contribution is 5.97. The summed E-state index contributed by atoms with van der Waals surface area (Å²) in [6.45, 7) is 7.55. The lowest BCUT2D eigenvalue weighted by atomic mass is 9.99. The Balaban J connectivity index is 5.97. The molecule has 0 aromatic carbocycles. The van der Waals surface area contributed by atoms with Crippen LogP contribution in [0.3, 0.4) is 0 Å². The number of aliphatic hydroxyl groups is 4. The molecule has 0 radical (unpaired) electrons. The summed E-state index contributed by atoms with van der Waals surface area (Å²) < 4.78 is 0. The quantitative estimate of drug-likeness (QED) is 0.0189.